The maximum atomic E-state index is 13.0. The summed E-state index contributed by atoms with van der Waals surface area (Å²) >= 11 is 0. The predicted molar refractivity (Wildman–Crippen MR) is 85.9 cm³/mol. The molecular weight excluding hydrogens is 307 g/mol. The number of halogens is 1. The van der Waals surface area contributed by atoms with Crippen LogP contribution < -0.4 is 0 Å². The monoisotopic (exact) mass is 322 g/mol. The first-order valence-electron chi connectivity index (χ1n) is 7.68. The van der Waals surface area contributed by atoms with Gasteiger partial charge in [-0.05, 0) is 42.8 Å². The number of carbonyl (C=O) groups is 2. The van der Waals surface area contributed by atoms with Gasteiger partial charge < -0.3 is 4.90 Å². The van der Waals surface area contributed by atoms with Crippen molar-refractivity contribution >= 4 is 11.7 Å². The summed E-state index contributed by atoms with van der Waals surface area (Å²) in [6.07, 6.45) is 0.566. The molecule has 0 aliphatic carbocycles. The van der Waals surface area contributed by atoms with Crippen LogP contribution in [0.4, 0.5) is 4.39 Å². The summed E-state index contributed by atoms with van der Waals surface area (Å²) in [6, 6.07) is 14.1. The average Bonchev–Trinajstić information content (AvgIpc) is 3.11. The van der Waals surface area contributed by atoms with E-state index in [0.717, 1.165) is 0 Å². The van der Waals surface area contributed by atoms with E-state index < -0.39 is 0 Å². The zero-order valence-corrected chi connectivity index (χ0v) is 12.9. The first-order valence-corrected chi connectivity index (χ1v) is 7.68. The standard InChI is InChI=1S/C19H15FN2O2/c20-16-7-5-13(6-8-16)18(23)15-9-10-22(12-15)19(24)17-4-2-1-3-14(17)11-21/h1-8,15H,9-10,12H2/t15-/m0/s1. The van der Waals surface area contributed by atoms with Gasteiger partial charge in [0.2, 0.25) is 0 Å². The van der Waals surface area contributed by atoms with Crippen LogP contribution in [-0.2, 0) is 0 Å². The van der Waals surface area contributed by atoms with Crippen LogP contribution in [0.3, 0.4) is 0 Å². The Morgan fingerprint density at radius 3 is 2.54 bits per heavy atom. The molecule has 1 aliphatic heterocycles. The lowest BCUT2D eigenvalue weighted by Gasteiger charge is -2.17. The zero-order chi connectivity index (χ0) is 17.1. The lowest BCUT2D eigenvalue weighted by atomic mass is 9.97. The highest BCUT2D eigenvalue weighted by molar-refractivity contribution is 6.00. The van der Waals surface area contributed by atoms with Crippen LogP contribution >= 0.6 is 0 Å². The minimum absolute atomic E-state index is 0.0844. The Morgan fingerprint density at radius 1 is 1.12 bits per heavy atom. The maximum absolute atomic E-state index is 13.0. The Kier molecular flexibility index (Phi) is 4.39. The summed E-state index contributed by atoms with van der Waals surface area (Å²) in [5.41, 5.74) is 1.14. The van der Waals surface area contributed by atoms with Crippen molar-refractivity contribution in [3.8, 4) is 6.07 Å². The number of nitriles is 1. The van der Waals surface area contributed by atoms with Crippen LogP contribution in [-0.4, -0.2) is 29.7 Å². The largest absolute Gasteiger partial charge is 0.338 e. The molecule has 1 saturated heterocycles. The first kappa shape index (κ1) is 15.9. The molecule has 0 bridgehead atoms. The van der Waals surface area contributed by atoms with E-state index in [2.05, 4.69) is 0 Å². The van der Waals surface area contributed by atoms with E-state index in [1.54, 1.807) is 29.2 Å². The molecule has 2 aromatic carbocycles. The Labute approximate surface area is 139 Å². The second kappa shape index (κ2) is 6.63. The van der Waals surface area contributed by atoms with E-state index in [1.807, 2.05) is 6.07 Å². The third kappa shape index (κ3) is 3.04. The van der Waals surface area contributed by atoms with Crippen molar-refractivity contribution in [3.05, 3.63) is 71.0 Å². The van der Waals surface area contributed by atoms with Gasteiger partial charge in [-0.1, -0.05) is 12.1 Å². The van der Waals surface area contributed by atoms with Gasteiger partial charge in [0.25, 0.3) is 5.91 Å². The molecule has 1 fully saturated rings. The second-order valence-electron chi connectivity index (χ2n) is 5.77. The summed E-state index contributed by atoms with van der Waals surface area (Å²) in [6.45, 7) is 0.783. The SMILES string of the molecule is N#Cc1ccccc1C(=O)N1CC[C@H](C(=O)c2ccc(F)cc2)C1. The van der Waals surface area contributed by atoms with Crippen LogP contribution in [0.2, 0.25) is 0 Å². The van der Waals surface area contributed by atoms with Crippen molar-refractivity contribution in [3.63, 3.8) is 0 Å². The highest BCUT2D eigenvalue weighted by Crippen LogP contribution is 2.23. The summed E-state index contributed by atoms with van der Waals surface area (Å²) in [4.78, 5) is 26.7. The van der Waals surface area contributed by atoms with Crippen molar-refractivity contribution in [2.45, 2.75) is 6.42 Å². The number of Topliss-reactive ketones (excluding diaryl/α,β-unsaturated/α-hetero) is 1. The lowest BCUT2D eigenvalue weighted by Crippen LogP contribution is -2.30. The summed E-state index contributed by atoms with van der Waals surface area (Å²) in [7, 11) is 0. The van der Waals surface area contributed by atoms with Crippen LogP contribution in [0.25, 0.3) is 0 Å². The molecule has 0 N–H and O–H groups in total. The summed E-state index contributed by atoms with van der Waals surface area (Å²) < 4.78 is 13.0. The van der Waals surface area contributed by atoms with Gasteiger partial charge in [0.15, 0.2) is 5.78 Å². The fourth-order valence-electron chi connectivity index (χ4n) is 2.95. The van der Waals surface area contributed by atoms with Crippen molar-refractivity contribution in [1.29, 1.82) is 5.26 Å². The lowest BCUT2D eigenvalue weighted by molar-refractivity contribution is 0.0780. The molecule has 24 heavy (non-hydrogen) atoms. The fourth-order valence-corrected chi connectivity index (χ4v) is 2.95. The smallest absolute Gasteiger partial charge is 0.255 e. The number of likely N-dealkylation sites (tertiary alicyclic amines) is 1. The molecule has 0 aromatic heterocycles. The molecule has 1 heterocycles. The molecular formula is C19H15FN2O2. The number of amides is 1. The fraction of sp³-hybridized carbons (Fsp3) is 0.211. The normalized spacial score (nSPS) is 16.7. The Hall–Kier alpha value is -3.00. The van der Waals surface area contributed by atoms with E-state index in [9.17, 15) is 14.0 Å². The molecule has 0 spiro atoms. The third-order valence-corrected chi connectivity index (χ3v) is 4.25. The maximum Gasteiger partial charge on any atom is 0.255 e. The first-order chi connectivity index (χ1) is 11.6. The van der Waals surface area contributed by atoms with Gasteiger partial charge in [0.1, 0.15) is 5.82 Å². The van der Waals surface area contributed by atoms with Gasteiger partial charge >= 0.3 is 0 Å². The number of nitrogens with zero attached hydrogens (tertiary/aromatic N) is 2. The molecule has 0 radical (unpaired) electrons. The number of ketones is 1. The Balaban J connectivity index is 1.73. The molecule has 1 aliphatic rings. The van der Waals surface area contributed by atoms with Gasteiger partial charge in [0.05, 0.1) is 17.2 Å². The third-order valence-electron chi connectivity index (χ3n) is 4.25. The molecule has 4 nitrogen and oxygen atoms in total. The molecule has 1 amide bonds. The van der Waals surface area contributed by atoms with Gasteiger partial charge in [0, 0.05) is 24.6 Å². The molecule has 5 heteroatoms. The number of carbonyl (C=O) groups excluding carboxylic acids is 2. The second-order valence-corrected chi connectivity index (χ2v) is 5.77. The highest BCUT2D eigenvalue weighted by Gasteiger charge is 2.32. The van der Waals surface area contributed by atoms with E-state index in [-0.39, 0.29) is 23.4 Å². The molecule has 1 atom stereocenters. The van der Waals surface area contributed by atoms with Crippen LogP contribution in [0.15, 0.2) is 48.5 Å². The van der Waals surface area contributed by atoms with Crippen LogP contribution in [0, 0.1) is 23.1 Å². The number of hydrogen-bond acceptors (Lipinski definition) is 3. The number of rotatable bonds is 3. The molecule has 0 unspecified atom stereocenters. The van der Waals surface area contributed by atoms with Crippen LogP contribution in [0.1, 0.15) is 32.7 Å². The Morgan fingerprint density at radius 2 is 1.83 bits per heavy atom. The predicted octanol–water partition coefficient (Wildman–Crippen LogP) is 3.04. The molecule has 0 saturated carbocycles. The topological polar surface area (TPSA) is 61.2 Å². The number of benzene rings is 2. The van der Waals surface area contributed by atoms with Gasteiger partial charge in [-0.25, -0.2) is 4.39 Å². The van der Waals surface area contributed by atoms with Crippen molar-refractivity contribution in [2.75, 3.05) is 13.1 Å². The zero-order valence-electron chi connectivity index (χ0n) is 12.9. The van der Waals surface area contributed by atoms with E-state index >= 15 is 0 Å². The summed E-state index contributed by atoms with van der Waals surface area (Å²) in [5.74, 6) is -1.00. The molecule has 120 valence electrons. The van der Waals surface area contributed by atoms with Gasteiger partial charge in [-0.15, -0.1) is 0 Å². The molecule has 2 aromatic rings. The average molecular weight is 322 g/mol. The van der Waals surface area contributed by atoms with E-state index in [1.165, 1.54) is 24.3 Å². The van der Waals surface area contributed by atoms with Gasteiger partial charge in [-0.2, -0.15) is 5.26 Å². The highest BCUT2D eigenvalue weighted by atomic mass is 19.1. The van der Waals surface area contributed by atoms with Crippen molar-refractivity contribution < 1.29 is 14.0 Å². The van der Waals surface area contributed by atoms with Crippen LogP contribution in [0.5, 0.6) is 0 Å². The van der Waals surface area contributed by atoms with Crippen molar-refractivity contribution in [2.24, 2.45) is 5.92 Å². The minimum Gasteiger partial charge on any atom is -0.338 e. The summed E-state index contributed by atoms with van der Waals surface area (Å²) in [5, 5.41) is 9.12. The van der Waals surface area contributed by atoms with Crippen molar-refractivity contribution in [1.82, 2.24) is 4.90 Å². The number of hydrogen-bond donors (Lipinski definition) is 0. The Bertz CT molecular complexity index is 824. The van der Waals surface area contributed by atoms with Gasteiger partial charge in [-0.3, -0.25) is 9.59 Å². The quantitative estimate of drug-likeness (QED) is 0.816. The molecule has 3 rings (SSSR count). The van der Waals surface area contributed by atoms with E-state index in [4.69, 9.17) is 5.26 Å². The minimum atomic E-state index is -0.386. The van der Waals surface area contributed by atoms with E-state index in [0.29, 0.717) is 36.2 Å².